The summed E-state index contributed by atoms with van der Waals surface area (Å²) in [7, 11) is 0. The van der Waals surface area contributed by atoms with Gasteiger partial charge in [0.05, 0.1) is 25.3 Å². The van der Waals surface area contributed by atoms with Crippen LogP contribution in [0.15, 0.2) is 16.7 Å². The zero-order valence-corrected chi connectivity index (χ0v) is 9.01. The van der Waals surface area contributed by atoms with Crippen LogP contribution in [0.5, 0.6) is 5.75 Å². The van der Waals surface area contributed by atoms with Gasteiger partial charge in [0.15, 0.2) is 0 Å². The summed E-state index contributed by atoms with van der Waals surface area (Å²) in [5, 5.41) is 13.7. The van der Waals surface area contributed by atoms with E-state index in [0.29, 0.717) is 30.5 Å². The van der Waals surface area contributed by atoms with E-state index in [4.69, 9.17) is 15.0 Å². The number of benzene rings is 1. The van der Waals surface area contributed by atoms with Gasteiger partial charge in [-0.2, -0.15) is 4.98 Å². The van der Waals surface area contributed by atoms with Crippen molar-refractivity contribution in [2.24, 2.45) is 5.73 Å². The highest BCUT2D eigenvalue weighted by atomic mass is 16.5. The van der Waals surface area contributed by atoms with Gasteiger partial charge >= 0.3 is 0 Å². The van der Waals surface area contributed by atoms with E-state index in [0.717, 1.165) is 11.1 Å². The fourth-order valence-corrected chi connectivity index (χ4v) is 1.84. The topological polar surface area (TPSA) is 94.4 Å². The van der Waals surface area contributed by atoms with Crippen molar-refractivity contribution in [3.05, 3.63) is 29.2 Å². The summed E-state index contributed by atoms with van der Waals surface area (Å²) in [4.78, 5) is 4.08. The minimum atomic E-state index is 0.124. The van der Waals surface area contributed by atoms with E-state index in [1.165, 1.54) is 0 Å². The maximum atomic E-state index is 9.90. The van der Waals surface area contributed by atoms with E-state index >= 15 is 0 Å². The first-order chi connectivity index (χ1) is 8.28. The van der Waals surface area contributed by atoms with E-state index in [9.17, 15) is 5.11 Å². The zero-order valence-electron chi connectivity index (χ0n) is 9.01. The first-order valence-corrected chi connectivity index (χ1v) is 5.23. The predicted molar refractivity (Wildman–Crippen MR) is 57.8 cm³/mol. The van der Waals surface area contributed by atoms with Gasteiger partial charge in [0.1, 0.15) is 5.75 Å². The number of hydrogen-bond donors (Lipinski definition) is 2. The lowest BCUT2D eigenvalue weighted by Gasteiger charge is -2.03. The van der Waals surface area contributed by atoms with Gasteiger partial charge in [-0.05, 0) is 23.3 Å². The normalized spacial score (nSPS) is 13.9. The smallest absolute Gasteiger partial charge is 0.240 e. The van der Waals surface area contributed by atoms with Crippen LogP contribution < -0.4 is 5.73 Å². The summed E-state index contributed by atoms with van der Waals surface area (Å²) >= 11 is 0. The Morgan fingerprint density at radius 3 is 2.76 bits per heavy atom. The first kappa shape index (κ1) is 10.2. The molecule has 0 fully saturated rings. The maximum Gasteiger partial charge on any atom is 0.240 e. The number of hydrogen-bond acceptors (Lipinski definition) is 6. The van der Waals surface area contributed by atoms with E-state index in [2.05, 4.69) is 10.1 Å². The molecule has 3 N–H and O–H groups in total. The molecule has 88 valence electrons. The molecule has 0 aliphatic carbocycles. The average Bonchev–Trinajstić information content (AvgIpc) is 2.94. The minimum absolute atomic E-state index is 0.124. The largest absolute Gasteiger partial charge is 0.507 e. The molecule has 0 saturated heterocycles. The van der Waals surface area contributed by atoms with Crippen molar-refractivity contribution < 1.29 is 14.4 Å². The van der Waals surface area contributed by atoms with E-state index in [-0.39, 0.29) is 12.3 Å². The second-order valence-corrected chi connectivity index (χ2v) is 3.85. The van der Waals surface area contributed by atoms with Crippen molar-refractivity contribution in [3.8, 4) is 17.1 Å². The van der Waals surface area contributed by atoms with E-state index < -0.39 is 0 Å². The molecule has 0 bridgehead atoms. The lowest BCUT2D eigenvalue weighted by atomic mass is 10.0. The second-order valence-electron chi connectivity index (χ2n) is 3.85. The van der Waals surface area contributed by atoms with Gasteiger partial charge < -0.3 is 20.1 Å². The van der Waals surface area contributed by atoms with Gasteiger partial charge in [0, 0.05) is 0 Å². The van der Waals surface area contributed by atoms with Gasteiger partial charge in [-0.25, -0.2) is 0 Å². The monoisotopic (exact) mass is 233 g/mol. The molecule has 6 heteroatoms. The molecule has 2 heterocycles. The van der Waals surface area contributed by atoms with Crippen LogP contribution >= 0.6 is 0 Å². The third-order valence-corrected chi connectivity index (χ3v) is 2.72. The number of rotatable bonds is 2. The number of aromatic nitrogens is 2. The molecule has 0 amide bonds. The molecule has 2 aromatic rings. The third-order valence-electron chi connectivity index (χ3n) is 2.72. The molecule has 0 saturated carbocycles. The molecule has 0 unspecified atom stereocenters. The summed E-state index contributed by atoms with van der Waals surface area (Å²) in [6, 6.07) is 3.50. The summed E-state index contributed by atoms with van der Waals surface area (Å²) in [6.45, 7) is 1.26. The van der Waals surface area contributed by atoms with Gasteiger partial charge in [-0.1, -0.05) is 5.16 Å². The zero-order chi connectivity index (χ0) is 11.8. The minimum Gasteiger partial charge on any atom is -0.507 e. The highest BCUT2D eigenvalue weighted by molar-refractivity contribution is 5.65. The Morgan fingerprint density at radius 1 is 1.29 bits per heavy atom. The van der Waals surface area contributed by atoms with Crippen molar-refractivity contribution in [1.29, 1.82) is 0 Å². The number of nitrogens with zero attached hydrogens (tertiary/aromatic N) is 2. The Hall–Kier alpha value is -1.92. The fourth-order valence-electron chi connectivity index (χ4n) is 1.84. The van der Waals surface area contributed by atoms with Crippen LogP contribution in [0.2, 0.25) is 0 Å². The number of phenols is 1. The van der Waals surface area contributed by atoms with Crippen molar-refractivity contribution in [2.45, 2.75) is 19.8 Å². The van der Waals surface area contributed by atoms with Crippen molar-refractivity contribution in [1.82, 2.24) is 10.1 Å². The van der Waals surface area contributed by atoms with Gasteiger partial charge in [0.25, 0.3) is 0 Å². The second kappa shape index (κ2) is 3.83. The molecule has 0 radical (unpaired) electrons. The Bertz CT molecular complexity index is 565. The van der Waals surface area contributed by atoms with Crippen LogP contribution in [0.4, 0.5) is 0 Å². The molecule has 1 aromatic heterocycles. The van der Waals surface area contributed by atoms with Crippen LogP contribution in [0.1, 0.15) is 17.0 Å². The molecule has 1 aliphatic rings. The molecular weight excluding hydrogens is 222 g/mol. The Morgan fingerprint density at radius 2 is 2.06 bits per heavy atom. The van der Waals surface area contributed by atoms with Crippen LogP contribution in [-0.4, -0.2) is 15.2 Å². The number of phenolic OH excluding ortho intramolecular Hbond substituents is 1. The average molecular weight is 233 g/mol. The van der Waals surface area contributed by atoms with E-state index in [1.54, 1.807) is 6.07 Å². The lowest BCUT2D eigenvalue weighted by Crippen LogP contribution is -1.95. The molecule has 3 rings (SSSR count). The molecule has 6 nitrogen and oxygen atoms in total. The highest BCUT2D eigenvalue weighted by Gasteiger charge is 2.18. The van der Waals surface area contributed by atoms with Crippen LogP contribution in [0.25, 0.3) is 11.4 Å². The predicted octanol–water partition coefficient (Wildman–Crippen LogP) is 0.931. The van der Waals surface area contributed by atoms with Crippen molar-refractivity contribution in [2.75, 3.05) is 0 Å². The number of ether oxygens (including phenoxy) is 1. The number of nitrogens with two attached hydrogens (primary N) is 1. The third kappa shape index (κ3) is 1.67. The fraction of sp³-hybridized carbons (Fsp3) is 0.273. The highest BCUT2D eigenvalue weighted by Crippen LogP contribution is 2.33. The van der Waals surface area contributed by atoms with Gasteiger partial charge in [-0.15, -0.1) is 0 Å². The Balaban J connectivity index is 2.08. The lowest BCUT2D eigenvalue weighted by molar-refractivity contribution is 0.134. The summed E-state index contributed by atoms with van der Waals surface area (Å²) in [5.74, 6) is 0.812. The summed E-state index contributed by atoms with van der Waals surface area (Å²) in [5.41, 5.74) is 7.96. The van der Waals surface area contributed by atoms with Crippen molar-refractivity contribution in [3.63, 3.8) is 0 Å². The summed E-state index contributed by atoms with van der Waals surface area (Å²) in [6.07, 6.45) is 0. The van der Waals surface area contributed by atoms with Gasteiger partial charge in [-0.3, -0.25) is 0 Å². The Kier molecular flexibility index (Phi) is 2.31. The molecule has 0 spiro atoms. The first-order valence-electron chi connectivity index (χ1n) is 5.23. The van der Waals surface area contributed by atoms with Crippen LogP contribution in [-0.2, 0) is 24.5 Å². The molecule has 1 aliphatic heterocycles. The number of aromatic hydroxyl groups is 1. The van der Waals surface area contributed by atoms with Crippen molar-refractivity contribution >= 4 is 0 Å². The van der Waals surface area contributed by atoms with Crippen LogP contribution in [0.3, 0.4) is 0 Å². The summed E-state index contributed by atoms with van der Waals surface area (Å²) < 4.78 is 10.2. The number of fused-ring (bicyclic) bond motifs is 1. The quantitative estimate of drug-likeness (QED) is 0.801. The standard InChI is InChI=1S/C11H11N3O3/c12-3-10-13-11(14-17-10)8-1-6-4-16-5-7(6)2-9(8)15/h1-2,15H,3-5,12H2. The molecule has 1 aromatic carbocycles. The SMILES string of the molecule is NCc1nc(-c2cc3c(cc2O)COC3)no1. The van der Waals surface area contributed by atoms with E-state index in [1.807, 2.05) is 6.07 Å². The van der Waals surface area contributed by atoms with Crippen LogP contribution in [0, 0.1) is 0 Å². The Labute approximate surface area is 97.0 Å². The van der Waals surface area contributed by atoms with Gasteiger partial charge in [0.2, 0.25) is 11.7 Å². The molecular formula is C11H11N3O3. The molecule has 17 heavy (non-hydrogen) atoms. The maximum absolute atomic E-state index is 9.90. The molecule has 0 atom stereocenters.